The first-order valence-corrected chi connectivity index (χ1v) is 11.4. The van der Waals surface area contributed by atoms with Crippen molar-refractivity contribution < 1.29 is 4.42 Å². The molecule has 0 radical (unpaired) electrons. The Morgan fingerprint density at radius 1 is 0.559 bits per heavy atom. The van der Waals surface area contributed by atoms with Gasteiger partial charge in [0.05, 0.1) is 5.56 Å². The fourth-order valence-corrected chi connectivity index (χ4v) is 4.72. The summed E-state index contributed by atoms with van der Waals surface area (Å²) in [4.78, 5) is 0. The molecule has 0 fully saturated rings. The van der Waals surface area contributed by atoms with Crippen LogP contribution in [0, 0.1) is 11.3 Å². The number of fused-ring (bicyclic) bond motifs is 3. The molecule has 3 heteroatoms. The van der Waals surface area contributed by atoms with Gasteiger partial charge in [-0.1, -0.05) is 78.3 Å². The Labute approximate surface area is 202 Å². The second-order valence-electron chi connectivity index (χ2n) is 8.24. The van der Waals surface area contributed by atoms with Crippen LogP contribution in [-0.4, -0.2) is 0 Å². The summed E-state index contributed by atoms with van der Waals surface area (Å²) in [5.74, 6) is 0. The number of hydrogen-bond acceptors (Lipinski definition) is 2. The number of rotatable bonds is 3. The van der Waals surface area contributed by atoms with Crippen LogP contribution in [0.1, 0.15) is 5.56 Å². The molecule has 5 aromatic carbocycles. The van der Waals surface area contributed by atoms with Crippen molar-refractivity contribution in [3.63, 3.8) is 0 Å². The smallest absolute Gasteiger partial charge is 0.135 e. The SMILES string of the molecule is N#Cc1c(-c2ccccc2)cc(-c2ccc3oc4ccc(Cl)cc4c3c2)cc1-c1ccccc1. The topological polar surface area (TPSA) is 36.9 Å². The number of nitriles is 1. The molecule has 6 rings (SSSR count). The quantitative estimate of drug-likeness (QED) is 0.267. The summed E-state index contributed by atoms with van der Waals surface area (Å²) in [6, 6.07) is 38.7. The van der Waals surface area contributed by atoms with Crippen LogP contribution in [0.4, 0.5) is 0 Å². The van der Waals surface area contributed by atoms with Crippen molar-refractivity contribution >= 4 is 33.5 Å². The van der Waals surface area contributed by atoms with E-state index < -0.39 is 0 Å². The Morgan fingerprint density at radius 3 is 1.71 bits per heavy atom. The lowest BCUT2D eigenvalue weighted by molar-refractivity contribution is 0.669. The van der Waals surface area contributed by atoms with Gasteiger partial charge in [0.2, 0.25) is 0 Å². The van der Waals surface area contributed by atoms with E-state index in [0.29, 0.717) is 10.6 Å². The highest BCUT2D eigenvalue weighted by Gasteiger charge is 2.16. The number of halogens is 1. The third-order valence-electron chi connectivity index (χ3n) is 6.18. The minimum atomic E-state index is 0.669. The van der Waals surface area contributed by atoms with Gasteiger partial charge in [0, 0.05) is 26.9 Å². The van der Waals surface area contributed by atoms with Crippen LogP contribution in [0.5, 0.6) is 0 Å². The Bertz CT molecular complexity index is 1650. The molecular formula is C31H18ClNO. The van der Waals surface area contributed by atoms with Gasteiger partial charge in [-0.3, -0.25) is 0 Å². The van der Waals surface area contributed by atoms with E-state index in [2.05, 4.69) is 30.3 Å². The van der Waals surface area contributed by atoms with Crippen molar-refractivity contribution in [1.29, 1.82) is 5.26 Å². The average molecular weight is 456 g/mol. The maximum Gasteiger partial charge on any atom is 0.135 e. The molecule has 0 atom stereocenters. The van der Waals surface area contributed by atoms with E-state index in [1.165, 1.54) is 0 Å². The van der Waals surface area contributed by atoms with E-state index in [0.717, 1.165) is 55.3 Å². The van der Waals surface area contributed by atoms with Crippen LogP contribution >= 0.6 is 11.6 Å². The van der Waals surface area contributed by atoms with E-state index in [9.17, 15) is 5.26 Å². The summed E-state index contributed by atoms with van der Waals surface area (Å²) >= 11 is 6.27. The normalized spacial score (nSPS) is 11.1. The van der Waals surface area contributed by atoms with Gasteiger partial charge in [0.25, 0.3) is 0 Å². The molecule has 0 bridgehead atoms. The van der Waals surface area contributed by atoms with Gasteiger partial charge in [0.1, 0.15) is 17.2 Å². The molecule has 0 N–H and O–H groups in total. The fraction of sp³-hybridized carbons (Fsp3) is 0. The van der Waals surface area contributed by atoms with E-state index in [-0.39, 0.29) is 0 Å². The Morgan fingerprint density at radius 2 is 1.12 bits per heavy atom. The molecule has 0 aliphatic heterocycles. The molecule has 0 aliphatic carbocycles. The third kappa shape index (κ3) is 3.44. The van der Waals surface area contributed by atoms with Gasteiger partial charge in [-0.05, 0) is 64.7 Å². The lowest BCUT2D eigenvalue weighted by atomic mass is 9.88. The maximum absolute atomic E-state index is 10.2. The van der Waals surface area contributed by atoms with Crippen molar-refractivity contribution in [2.45, 2.75) is 0 Å². The Balaban J connectivity index is 1.64. The first kappa shape index (κ1) is 20.3. The van der Waals surface area contributed by atoms with Crippen molar-refractivity contribution in [2.75, 3.05) is 0 Å². The third-order valence-corrected chi connectivity index (χ3v) is 6.42. The monoisotopic (exact) mass is 455 g/mol. The Kier molecular flexibility index (Phi) is 4.91. The molecule has 6 aromatic rings. The molecule has 1 heterocycles. The van der Waals surface area contributed by atoms with Crippen molar-refractivity contribution in [3.05, 3.63) is 120 Å². The Hall–Kier alpha value is -4.32. The molecule has 0 amide bonds. The fourth-order valence-electron chi connectivity index (χ4n) is 4.55. The van der Waals surface area contributed by atoms with Gasteiger partial charge in [0.15, 0.2) is 0 Å². The molecule has 0 unspecified atom stereocenters. The second kappa shape index (κ2) is 8.23. The minimum Gasteiger partial charge on any atom is -0.456 e. The van der Waals surface area contributed by atoms with Crippen LogP contribution in [0.15, 0.2) is 114 Å². The van der Waals surface area contributed by atoms with Gasteiger partial charge in [-0.15, -0.1) is 0 Å². The molecule has 0 aliphatic rings. The van der Waals surface area contributed by atoms with Gasteiger partial charge < -0.3 is 4.42 Å². The zero-order valence-electron chi connectivity index (χ0n) is 18.1. The van der Waals surface area contributed by atoms with Gasteiger partial charge >= 0.3 is 0 Å². The zero-order chi connectivity index (χ0) is 23.1. The van der Waals surface area contributed by atoms with E-state index in [1.54, 1.807) is 0 Å². The molecule has 160 valence electrons. The van der Waals surface area contributed by atoms with Crippen molar-refractivity contribution in [3.8, 4) is 39.4 Å². The van der Waals surface area contributed by atoms with Crippen molar-refractivity contribution in [1.82, 2.24) is 0 Å². The van der Waals surface area contributed by atoms with Crippen LogP contribution < -0.4 is 0 Å². The maximum atomic E-state index is 10.2. The average Bonchev–Trinajstić information content (AvgIpc) is 3.26. The largest absolute Gasteiger partial charge is 0.456 e. The van der Waals surface area contributed by atoms with Crippen LogP contribution in [0.3, 0.4) is 0 Å². The summed E-state index contributed by atoms with van der Waals surface area (Å²) < 4.78 is 6.02. The molecule has 34 heavy (non-hydrogen) atoms. The minimum absolute atomic E-state index is 0.669. The second-order valence-corrected chi connectivity index (χ2v) is 8.68. The first-order chi connectivity index (χ1) is 16.7. The lowest BCUT2D eigenvalue weighted by Crippen LogP contribution is -1.92. The highest BCUT2D eigenvalue weighted by Crippen LogP contribution is 2.39. The summed E-state index contributed by atoms with van der Waals surface area (Å²) in [6.45, 7) is 0. The predicted octanol–water partition coefficient (Wildman–Crippen LogP) is 9.11. The number of benzene rings is 5. The molecule has 0 saturated heterocycles. The molecular weight excluding hydrogens is 438 g/mol. The van der Waals surface area contributed by atoms with E-state index in [1.807, 2.05) is 84.9 Å². The number of nitrogens with zero attached hydrogens (tertiary/aromatic N) is 1. The van der Waals surface area contributed by atoms with Gasteiger partial charge in [-0.2, -0.15) is 5.26 Å². The molecule has 1 aromatic heterocycles. The molecule has 0 saturated carbocycles. The summed E-state index contributed by atoms with van der Waals surface area (Å²) in [5.41, 5.74) is 8.25. The van der Waals surface area contributed by atoms with Crippen LogP contribution in [0.2, 0.25) is 5.02 Å². The zero-order valence-corrected chi connectivity index (χ0v) is 18.9. The predicted molar refractivity (Wildman–Crippen MR) is 140 cm³/mol. The highest BCUT2D eigenvalue weighted by atomic mass is 35.5. The van der Waals surface area contributed by atoms with Crippen molar-refractivity contribution in [2.24, 2.45) is 0 Å². The van der Waals surface area contributed by atoms with Gasteiger partial charge in [-0.25, -0.2) is 0 Å². The number of hydrogen-bond donors (Lipinski definition) is 0. The summed E-state index contributed by atoms with van der Waals surface area (Å²) in [7, 11) is 0. The van der Waals surface area contributed by atoms with Crippen LogP contribution in [0.25, 0.3) is 55.3 Å². The molecule has 0 spiro atoms. The first-order valence-electron chi connectivity index (χ1n) is 11.0. The lowest BCUT2D eigenvalue weighted by Gasteiger charge is -2.14. The van der Waals surface area contributed by atoms with Crippen LogP contribution in [-0.2, 0) is 0 Å². The standard InChI is InChI=1S/C31H18ClNO/c32-24-12-14-31-28(18-24)27-15-22(11-13-30(27)34-31)23-16-25(20-7-3-1-4-8-20)29(19-33)26(17-23)21-9-5-2-6-10-21/h1-18H. The summed E-state index contributed by atoms with van der Waals surface area (Å²) in [6.07, 6.45) is 0. The van der Waals surface area contributed by atoms with E-state index >= 15 is 0 Å². The highest BCUT2D eigenvalue weighted by molar-refractivity contribution is 6.31. The van der Waals surface area contributed by atoms with E-state index in [4.69, 9.17) is 16.0 Å². The summed E-state index contributed by atoms with van der Waals surface area (Å²) in [5, 5.41) is 12.8. The molecule has 2 nitrogen and oxygen atoms in total. The number of furan rings is 1.